The summed E-state index contributed by atoms with van der Waals surface area (Å²) in [6, 6.07) is 13.5. The summed E-state index contributed by atoms with van der Waals surface area (Å²) in [5, 5.41) is 4.36. The maximum atomic E-state index is 4.89. The molecule has 1 fully saturated rings. The van der Waals surface area contributed by atoms with Crippen molar-refractivity contribution in [3.8, 4) is 0 Å². The van der Waals surface area contributed by atoms with Crippen molar-refractivity contribution in [2.45, 2.75) is 58.3 Å². The van der Waals surface area contributed by atoms with Gasteiger partial charge in [-0.2, -0.15) is 6.07 Å². The van der Waals surface area contributed by atoms with Crippen LogP contribution in [0.1, 0.15) is 47.0 Å². The quantitative estimate of drug-likeness (QED) is 0.241. The summed E-state index contributed by atoms with van der Waals surface area (Å²) in [6.07, 6.45) is 13.0. The summed E-state index contributed by atoms with van der Waals surface area (Å²) in [5.74, 6) is 0.884. The molecule has 1 saturated carbocycles. The van der Waals surface area contributed by atoms with Gasteiger partial charge < -0.3 is 0 Å². The molecule has 2 aliphatic rings. The van der Waals surface area contributed by atoms with Crippen LogP contribution in [0.15, 0.2) is 60.2 Å². The maximum absolute atomic E-state index is 4.89. The number of halogens is 2. The van der Waals surface area contributed by atoms with E-state index >= 15 is 0 Å². The van der Waals surface area contributed by atoms with Crippen LogP contribution in [-0.2, 0) is 17.0 Å². The molecule has 2 aliphatic carbocycles. The zero-order chi connectivity index (χ0) is 20.5. The van der Waals surface area contributed by atoms with Crippen LogP contribution in [0.2, 0.25) is 0 Å². The molecule has 4 heteroatoms. The van der Waals surface area contributed by atoms with Crippen molar-refractivity contribution in [2.75, 3.05) is 0 Å². The predicted octanol–water partition coefficient (Wildman–Crippen LogP) is 8.35. The van der Waals surface area contributed by atoms with E-state index in [1.54, 1.807) is 10.9 Å². The Labute approximate surface area is 189 Å². The standard InChI is InChI=1S/C15H20P.C9H11.2ClH.Ti/c1-11(2)16(12(3)4)15-9-13-7-5-6-8-14(13)10-15;1-2-5-9-7-3-6-8(9)4-1;;;/h5-12H,1-4H3;1-2,4,6,9H,3,5,7H2;2*1H;/q2*-1;;;+2/p-2. The van der Waals surface area contributed by atoms with E-state index in [2.05, 4.69) is 88.7 Å². The molecule has 4 rings (SSSR count). The van der Waals surface area contributed by atoms with E-state index < -0.39 is 17.0 Å². The van der Waals surface area contributed by atoms with Crippen LogP contribution in [0.5, 0.6) is 0 Å². The Bertz CT molecular complexity index is 735. The second-order valence-corrected chi connectivity index (χ2v) is 13.8. The van der Waals surface area contributed by atoms with Gasteiger partial charge in [-0.1, -0.05) is 48.1 Å². The van der Waals surface area contributed by atoms with Gasteiger partial charge in [-0.25, -0.2) is 18.1 Å². The Morgan fingerprint density at radius 3 is 2.39 bits per heavy atom. The van der Waals surface area contributed by atoms with Gasteiger partial charge in [0.2, 0.25) is 0 Å². The molecule has 0 bridgehead atoms. The van der Waals surface area contributed by atoms with Gasteiger partial charge in [0, 0.05) is 0 Å². The Kier molecular flexibility index (Phi) is 10.8. The third-order valence-electron chi connectivity index (χ3n) is 5.23. The Morgan fingerprint density at radius 1 is 1.11 bits per heavy atom. The zero-order valence-electron chi connectivity index (χ0n) is 17.3. The molecular formula is C24H31Cl2PTi-2. The molecule has 0 spiro atoms. The van der Waals surface area contributed by atoms with Crippen molar-refractivity contribution in [2.24, 2.45) is 5.92 Å². The second-order valence-electron chi connectivity index (χ2n) is 7.82. The molecule has 152 valence electrons. The number of hydrogen-bond acceptors (Lipinski definition) is 0. The number of rotatable bonds is 3. The first-order chi connectivity index (χ1) is 13.5. The van der Waals surface area contributed by atoms with Crippen molar-refractivity contribution >= 4 is 42.6 Å². The van der Waals surface area contributed by atoms with Crippen LogP contribution in [0.25, 0.3) is 10.8 Å². The van der Waals surface area contributed by atoms with Gasteiger partial charge in [-0.15, -0.1) is 58.9 Å². The Morgan fingerprint density at radius 2 is 1.79 bits per heavy atom. The SMILES string of the molecule is C1=CCC2CC[CH-]C2=C1.CC(C)P(c1cc2ccccc2[cH-]1)C(C)C.[Cl][Ti][Cl]. The van der Waals surface area contributed by atoms with Crippen LogP contribution in [-0.4, -0.2) is 11.3 Å². The van der Waals surface area contributed by atoms with Crippen LogP contribution in [0.4, 0.5) is 0 Å². The summed E-state index contributed by atoms with van der Waals surface area (Å²) >= 11 is -0.556. The normalized spacial score (nSPS) is 17.5. The van der Waals surface area contributed by atoms with Gasteiger partial charge in [0.15, 0.2) is 0 Å². The molecule has 0 N–H and O–H groups in total. The fourth-order valence-corrected chi connectivity index (χ4v) is 7.10. The zero-order valence-corrected chi connectivity index (χ0v) is 21.3. The molecule has 0 saturated heterocycles. The van der Waals surface area contributed by atoms with Gasteiger partial charge >= 0.3 is 35.6 Å². The van der Waals surface area contributed by atoms with E-state index in [1.165, 1.54) is 30.0 Å². The van der Waals surface area contributed by atoms with Gasteiger partial charge in [-0.3, -0.25) is 0 Å². The summed E-state index contributed by atoms with van der Waals surface area (Å²) in [4.78, 5) is 0. The Balaban J connectivity index is 0.000000196. The molecule has 2 aromatic carbocycles. The first-order valence-electron chi connectivity index (χ1n) is 10.1. The van der Waals surface area contributed by atoms with Crippen LogP contribution < -0.4 is 5.30 Å². The number of allylic oxidation sites excluding steroid dienone is 4. The van der Waals surface area contributed by atoms with Crippen molar-refractivity contribution in [3.63, 3.8) is 0 Å². The Hall–Kier alpha value is -0.0957. The predicted molar refractivity (Wildman–Crippen MR) is 127 cm³/mol. The van der Waals surface area contributed by atoms with Crippen LogP contribution >= 0.6 is 26.5 Å². The number of benzene rings is 1. The number of fused-ring (bicyclic) bond motifs is 2. The minimum absolute atomic E-state index is 0.0206. The molecule has 28 heavy (non-hydrogen) atoms. The van der Waals surface area contributed by atoms with Crippen molar-refractivity contribution in [1.29, 1.82) is 0 Å². The first-order valence-corrected chi connectivity index (χ1v) is 15.9. The van der Waals surface area contributed by atoms with Gasteiger partial charge in [0.1, 0.15) is 0 Å². The van der Waals surface area contributed by atoms with E-state index in [0.717, 1.165) is 17.2 Å². The van der Waals surface area contributed by atoms with E-state index in [-0.39, 0.29) is 7.92 Å². The third kappa shape index (κ3) is 7.00. The van der Waals surface area contributed by atoms with Gasteiger partial charge in [0.25, 0.3) is 0 Å². The van der Waals surface area contributed by atoms with Crippen LogP contribution in [0.3, 0.4) is 0 Å². The molecule has 0 amide bonds. The molecule has 1 atom stereocenters. The van der Waals surface area contributed by atoms with Crippen molar-refractivity contribution in [3.05, 3.63) is 66.6 Å². The van der Waals surface area contributed by atoms with E-state index in [0.29, 0.717) is 0 Å². The van der Waals surface area contributed by atoms with Crippen LogP contribution in [0, 0.1) is 12.3 Å². The first kappa shape index (κ1) is 24.2. The van der Waals surface area contributed by atoms with Crippen molar-refractivity contribution in [1.82, 2.24) is 0 Å². The monoisotopic (exact) mass is 468 g/mol. The molecule has 0 aliphatic heterocycles. The molecule has 0 radical (unpaired) electrons. The van der Waals surface area contributed by atoms with E-state index in [1.807, 2.05) is 0 Å². The molecule has 0 aromatic heterocycles. The number of hydrogen-bond donors (Lipinski definition) is 0. The van der Waals surface area contributed by atoms with E-state index in [4.69, 9.17) is 18.6 Å². The third-order valence-corrected chi connectivity index (χ3v) is 8.31. The topological polar surface area (TPSA) is 0 Å². The van der Waals surface area contributed by atoms with Crippen molar-refractivity contribution < 1.29 is 17.0 Å². The average Bonchev–Trinajstić information content (AvgIpc) is 3.28. The van der Waals surface area contributed by atoms with Gasteiger partial charge in [0.05, 0.1) is 0 Å². The average molecular weight is 469 g/mol. The fourth-order valence-electron chi connectivity index (χ4n) is 4.14. The molecular weight excluding hydrogens is 438 g/mol. The molecule has 0 nitrogen and oxygen atoms in total. The molecule has 2 aromatic rings. The fraction of sp³-hybridized carbons (Fsp3) is 0.417. The summed E-state index contributed by atoms with van der Waals surface area (Å²) in [5.41, 5.74) is 3.12. The summed E-state index contributed by atoms with van der Waals surface area (Å²) < 4.78 is 0. The summed E-state index contributed by atoms with van der Waals surface area (Å²) in [6.45, 7) is 9.40. The second kappa shape index (κ2) is 12.6. The summed E-state index contributed by atoms with van der Waals surface area (Å²) in [7, 11) is 9.76. The minimum atomic E-state index is -0.556. The molecule has 0 heterocycles. The molecule has 1 unspecified atom stereocenters. The van der Waals surface area contributed by atoms with Gasteiger partial charge in [-0.05, 0) is 23.7 Å². The van der Waals surface area contributed by atoms with E-state index in [9.17, 15) is 0 Å².